The third kappa shape index (κ3) is 4.41. The molecular formula is C12H12I4N2S. The Balaban J connectivity index is 0.000000408. The molecule has 0 saturated carbocycles. The standard InChI is InChI=1S/C12H12IN2S.I3/c13-7-9-5-6-16-12-10-3-1-2-4-11(10)14-8-15(9)12;1-3-2/h1-4,8-9H,5-7H2;/q+1;-1. The summed E-state index contributed by atoms with van der Waals surface area (Å²) in [5, 5.41) is 2.68. The second-order valence-electron chi connectivity index (χ2n) is 3.97. The van der Waals surface area contributed by atoms with Crippen LogP contribution in [0.2, 0.25) is 0 Å². The van der Waals surface area contributed by atoms with Gasteiger partial charge in [-0.15, -0.1) is 0 Å². The number of halogens is 4. The molecule has 0 N–H and O–H groups in total. The summed E-state index contributed by atoms with van der Waals surface area (Å²) < 4.78 is 3.51. The van der Waals surface area contributed by atoms with E-state index in [-0.39, 0.29) is 0 Å². The molecule has 0 bridgehead atoms. The third-order valence-corrected chi connectivity index (χ3v) is 5.11. The summed E-state index contributed by atoms with van der Waals surface area (Å²) in [6.07, 6.45) is 3.26. The van der Waals surface area contributed by atoms with Gasteiger partial charge in [0.05, 0.1) is 5.39 Å². The van der Waals surface area contributed by atoms with Crippen LogP contribution in [0.1, 0.15) is 12.5 Å². The number of para-hydroxylation sites is 1. The zero-order valence-electron chi connectivity index (χ0n) is 9.90. The zero-order chi connectivity index (χ0) is 13.7. The minimum absolute atomic E-state index is 0.530. The summed E-state index contributed by atoms with van der Waals surface area (Å²) in [5.41, 5.74) is 1.11. The van der Waals surface area contributed by atoms with Gasteiger partial charge >= 0.3 is 50.5 Å². The monoisotopic (exact) mass is 724 g/mol. The van der Waals surface area contributed by atoms with Crippen LogP contribution in [0.4, 0.5) is 0 Å². The van der Waals surface area contributed by atoms with Crippen molar-refractivity contribution in [1.82, 2.24) is 4.98 Å². The fourth-order valence-electron chi connectivity index (χ4n) is 2.08. The summed E-state index contributed by atoms with van der Waals surface area (Å²) in [5.74, 6) is 1.22. The second-order valence-corrected chi connectivity index (χ2v) is 22.2. The number of nitrogens with zero attached hydrogens (tertiary/aromatic N) is 2. The molecule has 0 aliphatic carbocycles. The van der Waals surface area contributed by atoms with Crippen LogP contribution >= 0.6 is 71.6 Å². The van der Waals surface area contributed by atoms with Gasteiger partial charge in [-0.1, -0.05) is 46.5 Å². The van der Waals surface area contributed by atoms with Gasteiger partial charge in [-0.25, -0.2) is 4.57 Å². The Kier molecular flexibility index (Phi) is 8.21. The summed E-state index contributed by atoms with van der Waals surface area (Å²) in [7, 11) is 0. The van der Waals surface area contributed by atoms with E-state index in [9.17, 15) is 0 Å². The van der Waals surface area contributed by atoms with E-state index < -0.39 is 0 Å². The van der Waals surface area contributed by atoms with Gasteiger partial charge in [0.15, 0.2) is 10.5 Å². The SMILES string of the molecule is ICC1CCSc2c3ccccc3nc[n+]21.I[I-]I. The Labute approximate surface area is 161 Å². The number of benzene rings is 1. The topological polar surface area (TPSA) is 16.8 Å². The van der Waals surface area contributed by atoms with Gasteiger partial charge in [0.1, 0.15) is 6.04 Å². The predicted molar refractivity (Wildman–Crippen MR) is 103 cm³/mol. The van der Waals surface area contributed by atoms with Crippen LogP contribution in [0.5, 0.6) is 0 Å². The van der Waals surface area contributed by atoms with Gasteiger partial charge in [-0.2, -0.15) is 0 Å². The molecule has 2 heterocycles. The minimum atomic E-state index is 0.530. The molecule has 2 nitrogen and oxygen atoms in total. The Morgan fingerprint density at radius 1 is 1.37 bits per heavy atom. The molecule has 0 saturated heterocycles. The van der Waals surface area contributed by atoms with Crippen molar-refractivity contribution >= 4 is 82.5 Å². The van der Waals surface area contributed by atoms with Crippen molar-refractivity contribution in [2.24, 2.45) is 0 Å². The molecule has 104 valence electrons. The molecule has 1 aliphatic rings. The number of hydrogen-bond acceptors (Lipinski definition) is 2. The van der Waals surface area contributed by atoms with Gasteiger partial charge in [-0.05, 0) is 23.5 Å². The molecule has 19 heavy (non-hydrogen) atoms. The van der Waals surface area contributed by atoms with Gasteiger partial charge in [0.25, 0.3) is 6.33 Å². The van der Waals surface area contributed by atoms with Gasteiger partial charge in [-0.3, -0.25) is 0 Å². The van der Waals surface area contributed by atoms with Crippen LogP contribution in [0.25, 0.3) is 10.9 Å². The molecule has 1 aliphatic heterocycles. The van der Waals surface area contributed by atoms with E-state index in [0.29, 0.717) is 19.3 Å². The number of alkyl halides is 1. The van der Waals surface area contributed by atoms with Crippen molar-refractivity contribution < 1.29 is 17.8 Å². The molecule has 1 aromatic heterocycles. The fraction of sp³-hybridized carbons (Fsp3) is 0.333. The third-order valence-electron chi connectivity index (χ3n) is 2.95. The van der Waals surface area contributed by atoms with Crippen molar-refractivity contribution in [1.29, 1.82) is 0 Å². The summed E-state index contributed by atoms with van der Waals surface area (Å²) in [6.45, 7) is 0. The molecule has 0 spiro atoms. The van der Waals surface area contributed by atoms with E-state index >= 15 is 0 Å². The van der Waals surface area contributed by atoms with Crippen LogP contribution in [0.15, 0.2) is 35.6 Å². The molecular weight excluding hydrogens is 712 g/mol. The van der Waals surface area contributed by atoms with Crippen molar-refractivity contribution in [3.8, 4) is 0 Å². The molecule has 0 amide bonds. The van der Waals surface area contributed by atoms with Crippen LogP contribution < -0.4 is 17.8 Å². The van der Waals surface area contributed by atoms with Crippen LogP contribution in [0.3, 0.4) is 0 Å². The number of rotatable bonds is 1. The summed E-state index contributed by atoms with van der Waals surface area (Å²) >= 11 is 9.73. The average Bonchev–Trinajstić information content (AvgIpc) is 2.47. The first-order chi connectivity index (χ1) is 9.31. The van der Waals surface area contributed by atoms with Crippen LogP contribution in [0, 0.1) is 0 Å². The Bertz CT molecular complexity index is 552. The second kappa shape index (κ2) is 9.08. The van der Waals surface area contributed by atoms with Crippen molar-refractivity contribution in [3.05, 3.63) is 30.6 Å². The molecule has 1 aromatic carbocycles. The normalized spacial score (nSPS) is 17.7. The van der Waals surface area contributed by atoms with Crippen molar-refractivity contribution in [2.45, 2.75) is 17.5 Å². The molecule has 3 rings (SSSR count). The molecule has 0 radical (unpaired) electrons. The Morgan fingerprint density at radius 2 is 2.11 bits per heavy atom. The summed E-state index contributed by atoms with van der Waals surface area (Å²) in [4.78, 5) is 4.54. The average molecular weight is 724 g/mol. The Hall–Kier alpha value is 1.83. The van der Waals surface area contributed by atoms with Crippen LogP contribution in [-0.4, -0.2) is 15.2 Å². The predicted octanol–water partition coefficient (Wildman–Crippen LogP) is 1.77. The van der Waals surface area contributed by atoms with Gasteiger partial charge in [0.2, 0.25) is 0 Å². The van der Waals surface area contributed by atoms with Crippen molar-refractivity contribution in [2.75, 3.05) is 10.2 Å². The maximum absolute atomic E-state index is 4.54. The molecule has 2 aromatic rings. The van der Waals surface area contributed by atoms with E-state index in [1.165, 1.54) is 22.6 Å². The first-order valence-electron chi connectivity index (χ1n) is 5.66. The van der Waals surface area contributed by atoms with Crippen LogP contribution in [-0.2, 0) is 0 Å². The zero-order valence-corrected chi connectivity index (χ0v) is 19.3. The first kappa shape index (κ1) is 17.2. The van der Waals surface area contributed by atoms with Gasteiger partial charge < -0.3 is 0 Å². The molecule has 1 unspecified atom stereocenters. The number of hydrogen-bond donors (Lipinski definition) is 0. The van der Waals surface area contributed by atoms with Crippen molar-refractivity contribution in [3.63, 3.8) is 0 Å². The Morgan fingerprint density at radius 3 is 2.84 bits per heavy atom. The maximum atomic E-state index is 4.54. The van der Waals surface area contributed by atoms with E-state index in [1.54, 1.807) is 0 Å². The van der Waals surface area contributed by atoms with E-state index in [4.69, 9.17) is 0 Å². The van der Waals surface area contributed by atoms with E-state index in [0.717, 1.165) is 9.94 Å². The van der Waals surface area contributed by atoms with E-state index in [2.05, 4.69) is 93.6 Å². The number of thioether (sulfide) groups is 1. The summed E-state index contributed by atoms with van der Waals surface area (Å²) in [6, 6.07) is 9.03. The quantitative estimate of drug-likeness (QED) is 0.193. The van der Waals surface area contributed by atoms with Gasteiger partial charge in [0, 0.05) is 10.2 Å². The molecule has 7 heteroatoms. The first-order valence-corrected chi connectivity index (χ1v) is 20.7. The molecule has 0 fully saturated rings. The van der Waals surface area contributed by atoms with E-state index in [1.807, 2.05) is 18.1 Å². The number of aromatic nitrogens is 2. The fourth-order valence-corrected chi connectivity index (χ4v) is 4.20. The number of fused-ring (bicyclic) bond motifs is 3. The molecule has 1 atom stereocenters.